The molecular weight excluding hydrogens is 364 g/mol. The maximum absolute atomic E-state index is 12.8. The van der Waals surface area contributed by atoms with Crippen LogP contribution >= 0.6 is 11.3 Å². The standard InChI is InChI=1S/C19H18N4O3S/c1-20-17(25)11-5-7-12(8-6-11)22-15(24)9-23-10-21-18-16(19(23)26)13-3-2-4-14(13)27-18/h5-8,10H,2-4,9H2,1H3,(H,20,25)(H,22,24). The average Bonchev–Trinajstić information content (AvgIpc) is 3.25. The second kappa shape index (κ2) is 6.96. The summed E-state index contributed by atoms with van der Waals surface area (Å²) in [4.78, 5) is 43.0. The van der Waals surface area contributed by atoms with Crippen LogP contribution in [-0.4, -0.2) is 28.4 Å². The van der Waals surface area contributed by atoms with Gasteiger partial charge in [0.1, 0.15) is 11.4 Å². The molecule has 1 aliphatic carbocycles. The number of amides is 2. The van der Waals surface area contributed by atoms with E-state index < -0.39 is 0 Å². The Morgan fingerprint density at radius 3 is 2.74 bits per heavy atom. The number of carbonyl (C=O) groups is 2. The van der Waals surface area contributed by atoms with Gasteiger partial charge in [-0.1, -0.05) is 0 Å². The quantitative estimate of drug-likeness (QED) is 0.721. The molecule has 2 aromatic heterocycles. The van der Waals surface area contributed by atoms with Gasteiger partial charge in [-0.15, -0.1) is 11.3 Å². The number of hydrogen-bond acceptors (Lipinski definition) is 5. The summed E-state index contributed by atoms with van der Waals surface area (Å²) in [7, 11) is 1.56. The van der Waals surface area contributed by atoms with Gasteiger partial charge in [0.15, 0.2) is 0 Å². The number of thiophene rings is 1. The Morgan fingerprint density at radius 1 is 1.22 bits per heavy atom. The number of nitrogens with zero attached hydrogens (tertiary/aromatic N) is 2. The smallest absolute Gasteiger partial charge is 0.262 e. The summed E-state index contributed by atoms with van der Waals surface area (Å²) in [6, 6.07) is 6.56. The number of rotatable bonds is 4. The van der Waals surface area contributed by atoms with E-state index in [0.29, 0.717) is 16.6 Å². The molecule has 2 heterocycles. The molecule has 0 bridgehead atoms. The molecule has 1 aliphatic rings. The van der Waals surface area contributed by atoms with Crippen LogP contribution in [0, 0.1) is 0 Å². The van der Waals surface area contributed by atoms with Crippen LogP contribution < -0.4 is 16.2 Å². The minimum Gasteiger partial charge on any atom is -0.355 e. The minimum atomic E-state index is -0.321. The maximum atomic E-state index is 12.8. The van der Waals surface area contributed by atoms with Crippen LogP contribution in [-0.2, 0) is 24.2 Å². The monoisotopic (exact) mass is 382 g/mol. The molecule has 7 nitrogen and oxygen atoms in total. The number of nitrogens with one attached hydrogen (secondary N) is 2. The predicted octanol–water partition coefficient (Wildman–Crippen LogP) is 1.94. The van der Waals surface area contributed by atoms with Gasteiger partial charge in [-0.2, -0.15) is 0 Å². The van der Waals surface area contributed by atoms with Crippen molar-refractivity contribution in [3.8, 4) is 0 Å². The largest absolute Gasteiger partial charge is 0.355 e. The highest BCUT2D eigenvalue weighted by Crippen LogP contribution is 2.34. The molecular formula is C19H18N4O3S. The second-order valence-electron chi connectivity index (χ2n) is 6.42. The van der Waals surface area contributed by atoms with Crippen LogP contribution in [0.1, 0.15) is 27.2 Å². The zero-order chi connectivity index (χ0) is 19.0. The van der Waals surface area contributed by atoms with Gasteiger partial charge >= 0.3 is 0 Å². The summed E-state index contributed by atoms with van der Waals surface area (Å²) in [5.41, 5.74) is 2.01. The molecule has 0 atom stereocenters. The summed E-state index contributed by atoms with van der Waals surface area (Å²) < 4.78 is 1.35. The van der Waals surface area contributed by atoms with Gasteiger partial charge in [0.2, 0.25) is 5.91 Å². The lowest BCUT2D eigenvalue weighted by molar-refractivity contribution is -0.116. The van der Waals surface area contributed by atoms with E-state index in [1.54, 1.807) is 42.6 Å². The van der Waals surface area contributed by atoms with E-state index in [-0.39, 0.29) is 23.9 Å². The van der Waals surface area contributed by atoms with Gasteiger partial charge < -0.3 is 10.6 Å². The van der Waals surface area contributed by atoms with E-state index in [9.17, 15) is 14.4 Å². The molecule has 0 radical (unpaired) electrons. The van der Waals surface area contributed by atoms with Crippen molar-refractivity contribution in [3.05, 3.63) is 57.0 Å². The minimum absolute atomic E-state index is 0.108. The first-order valence-electron chi connectivity index (χ1n) is 8.68. The topological polar surface area (TPSA) is 93.1 Å². The van der Waals surface area contributed by atoms with E-state index in [1.807, 2.05) is 0 Å². The van der Waals surface area contributed by atoms with Gasteiger partial charge in [-0.05, 0) is 49.1 Å². The Kier molecular flexibility index (Phi) is 4.49. The third-order valence-electron chi connectivity index (χ3n) is 4.66. The highest BCUT2D eigenvalue weighted by molar-refractivity contribution is 7.18. The molecule has 2 N–H and O–H groups in total. The molecule has 0 spiro atoms. The summed E-state index contributed by atoms with van der Waals surface area (Å²) in [5, 5.41) is 5.94. The third kappa shape index (κ3) is 3.23. The highest BCUT2D eigenvalue weighted by atomic mass is 32.1. The first kappa shape index (κ1) is 17.4. The van der Waals surface area contributed by atoms with E-state index in [1.165, 1.54) is 15.8 Å². The first-order valence-corrected chi connectivity index (χ1v) is 9.50. The number of hydrogen-bond donors (Lipinski definition) is 2. The zero-order valence-corrected chi connectivity index (χ0v) is 15.6. The van der Waals surface area contributed by atoms with E-state index >= 15 is 0 Å². The van der Waals surface area contributed by atoms with Crippen LogP contribution in [0.15, 0.2) is 35.4 Å². The molecule has 0 saturated heterocycles. The lowest BCUT2D eigenvalue weighted by atomic mass is 10.2. The number of aryl methyl sites for hydroxylation is 2. The average molecular weight is 382 g/mol. The van der Waals surface area contributed by atoms with Crippen LogP contribution in [0.25, 0.3) is 10.2 Å². The summed E-state index contributed by atoms with van der Waals surface area (Å²) in [6.45, 7) is -0.108. The fourth-order valence-corrected chi connectivity index (χ4v) is 4.56. The molecule has 138 valence electrons. The normalized spacial score (nSPS) is 12.8. The Morgan fingerprint density at radius 2 is 2.00 bits per heavy atom. The van der Waals surface area contributed by atoms with Crippen molar-refractivity contribution in [2.75, 3.05) is 12.4 Å². The van der Waals surface area contributed by atoms with Gasteiger partial charge in [-0.3, -0.25) is 19.0 Å². The number of benzene rings is 1. The fraction of sp³-hybridized carbons (Fsp3) is 0.263. The number of aromatic nitrogens is 2. The predicted molar refractivity (Wildman–Crippen MR) is 104 cm³/mol. The Bertz CT molecular complexity index is 1100. The summed E-state index contributed by atoms with van der Waals surface area (Å²) in [6.07, 6.45) is 4.41. The van der Waals surface area contributed by atoms with E-state index in [4.69, 9.17) is 0 Å². The van der Waals surface area contributed by atoms with Crippen molar-refractivity contribution in [3.63, 3.8) is 0 Å². The van der Waals surface area contributed by atoms with Crippen molar-refractivity contribution >= 4 is 39.1 Å². The summed E-state index contributed by atoms with van der Waals surface area (Å²) in [5.74, 6) is -0.514. The molecule has 2 amide bonds. The number of anilines is 1. The lowest BCUT2D eigenvalue weighted by Crippen LogP contribution is -2.28. The van der Waals surface area contributed by atoms with E-state index in [2.05, 4.69) is 15.6 Å². The molecule has 0 fully saturated rings. The van der Waals surface area contributed by atoms with Crippen LogP contribution in [0.5, 0.6) is 0 Å². The molecule has 0 unspecified atom stereocenters. The molecule has 4 rings (SSSR count). The van der Waals surface area contributed by atoms with Crippen molar-refractivity contribution in [2.45, 2.75) is 25.8 Å². The van der Waals surface area contributed by atoms with Crippen LogP contribution in [0.2, 0.25) is 0 Å². The van der Waals surface area contributed by atoms with Crippen LogP contribution in [0.4, 0.5) is 5.69 Å². The number of fused-ring (bicyclic) bond motifs is 3. The first-order chi connectivity index (χ1) is 13.1. The Balaban J connectivity index is 1.52. The van der Waals surface area contributed by atoms with Crippen molar-refractivity contribution in [2.24, 2.45) is 0 Å². The van der Waals surface area contributed by atoms with Gasteiger partial charge in [-0.25, -0.2) is 4.98 Å². The van der Waals surface area contributed by atoms with E-state index in [0.717, 1.165) is 29.7 Å². The van der Waals surface area contributed by atoms with Gasteiger partial charge in [0, 0.05) is 23.2 Å². The zero-order valence-electron chi connectivity index (χ0n) is 14.7. The SMILES string of the molecule is CNC(=O)c1ccc(NC(=O)Cn2cnc3sc4c(c3c2=O)CCC4)cc1. The van der Waals surface area contributed by atoms with Crippen molar-refractivity contribution in [1.82, 2.24) is 14.9 Å². The fourth-order valence-electron chi connectivity index (χ4n) is 3.34. The molecule has 1 aromatic carbocycles. The third-order valence-corrected chi connectivity index (χ3v) is 5.86. The molecule has 27 heavy (non-hydrogen) atoms. The molecule has 0 aliphatic heterocycles. The lowest BCUT2D eigenvalue weighted by Gasteiger charge is -2.08. The Hall–Kier alpha value is -3.00. The summed E-state index contributed by atoms with van der Waals surface area (Å²) >= 11 is 1.58. The molecule has 3 aromatic rings. The Labute approximate surface area is 159 Å². The molecule has 0 saturated carbocycles. The van der Waals surface area contributed by atoms with Crippen molar-refractivity contribution in [1.29, 1.82) is 0 Å². The number of carbonyl (C=O) groups excluding carboxylic acids is 2. The maximum Gasteiger partial charge on any atom is 0.262 e. The van der Waals surface area contributed by atoms with Crippen LogP contribution in [0.3, 0.4) is 0 Å². The van der Waals surface area contributed by atoms with Crippen molar-refractivity contribution < 1.29 is 9.59 Å². The van der Waals surface area contributed by atoms with Gasteiger partial charge in [0.05, 0.1) is 11.7 Å². The van der Waals surface area contributed by atoms with Gasteiger partial charge in [0.25, 0.3) is 11.5 Å². The second-order valence-corrected chi connectivity index (χ2v) is 7.50. The highest BCUT2D eigenvalue weighted by Gasteiger charge is 2.21. The molecule has 8 heteroatoms.